The van der Waals surface area contributed by atoms with Crippen LogP contribution in [0.4, 0.5) is 0 Å². The third kappa shape index (κ3) is 4.42. The molecule has 0 bridgehead atoms. The molecular weight excluding hydrogens is 242 g/mol. The summed E-state index contributed by atoms with van der Waals surface area (Å²) in [4.78, 5) is 0. The lowest BCUT2D eigenvalue weighted by molar-refractivity contribution is 0.469. The normalized spacial score (nSPS) is 12.3. The quantitative estimate of drug-likeness (QED) is 0.676. The van der Waals surface area contributed by atoms with E-state index in [1.165, 1.54) is 4.31 Å². The molecule has 0 heterocycles. The highest BCUT2D eigenvalue weighted by Crippen LogP contribution is 2.01. The van der Waals surface area contributed by atoms with Gasteiger partial charge in [0, 0.05) is 18.9 Å². The Labute approximate surface area is 83.3 Å². The smallest absolute Gasteiger partial charge is 0.212 e. The van der Waals surface area contributed by atoms with Gasteiger partial charge in [-0.1, -0.05) is 22.9 Å². The summed E-state index contributed by atoms with van der Waals surface area (Å²) in [6, 6.07) is 0. The fourth-order valence-electron chi connectivity index (χ4n) is 0.835. The van der Waals surface area contributed by atoms with Gasteiger partial charge in [0.05, 0.1) is 5.75 Å². The monoisotopic (exact) mass is 257 g/mol. The van der Waals surface area contributed by atoms with Crippen LogP contribution >= 0.6 is 15.9 Å². The molecule has 0 saturated carbocycles. The van der Waals surface area contributed by atoms with Gasteiger partial charge in [0.25, 0.3) is 0 Å². The van der Waals surface area contributed by atoms with Crippen molar-refractivity contribution in [3.63, 3.8) is 0 Å². The van der Waals surface area contributed by atoms with Crippen LogP contribution in [0.5, 0.6) is 0 Å². The van der Waals surface area contributed by atoms with Gasteiger partial charge < -0.3 is 0 Å². The fourth-order valence-corrected chi connectivity index (χ4v) is 2.32. The first-order valence-corrected chi connectivity index (χ1v) is 6.77. The van der Waals surface area contributed by atoms with Crippen molar-refractivity contribution in [3.8, 4) is 0 Å². The molecule has 0 N–H and O–H groups in total. The Morgan fingerprint density at radius 3 is 2.42 bits per heavy atom. The van der Waals surface area contributed by atoms with Crippen LogP contribution in [-0.4, -0.2) is 37.4 Å². The zero-order chi connectivity index (χ0) is 9.61. The van der Waals surface area contributed by atoms with Gasteiger partial charge in [0.1, 0.15) is 0 Å². The van der Waals surface area contributed by atoms with Crippen molar-refractivity contribution in [2.24, 2.45) is 0 Å². The number of halogens is 1. The third-order valence-corrected chi connectivity index (χ3v) is 4.16. The predicted molar refractivity (Wildman–Crippen MR) is 55.1 cm³/mol. The largest absolute Gasteiger partial charge is 0.213 e. The predicted octanol–water partition coefficient (Wildman–Crippen LogP) is 1.44. The maximum Gasteiger partial charge on any atom is 0.213 e. The SMILES string of the molecule is CCCS(=O)(=O)N(C)CCCBr. The van der Waals surface area contributed by atoms with E-state index in [-0.39, 0.29) is 5.75 Å². The van der Waals surface area contributed by atoms with E-state index in [1.54, 1.807) is 7.05 Å². The average Bonchev–Trinajstić information content (AvgIpc) is 2.00. The second-order valence-corrected chi connectivity index (χ2v) is 5.67. The molecule has 0 rings (SSSR count). The van der Waals surface area contributed by atoms with E-state index in [4.69, 9.17) is 0 Å². The summed E-state index contributed by atoms with van der Waals surface area (Å²) >= 11 is 3.26. The molecule has 0 saturated heterocycles. The molecule has 0 radical (unpaired) electrons. The molecular formula is C7H16BrNO2S. The van der Waals surface area contributed by atoms with Crippen molar-refractivity contribution < 1.29 is 8.42 Å². The van der Waals surface area contributed by atoms with Gasteiger partial charge in [0.15, 0.2) is 0 Å². The molecule has 0 aliphatic rings. The molecule has 3 nitrogen and oxygen atoms in total. The summed E-state index contributed by atoms with van der Waals surface area (Å²) in [5, 5.41) is 0.846. The van der Waals surface area contributed by atoms with E-state index < -0.39 is 10.0 Å². The lowest BCUT2D eigenvalue weighted by atomic mass is 10.5. The van der Waals surface area contributed by atoms with Gasteiger partial charge in [-0.15, -0.1) is 0 Å². The zero-order valence-electron chi connectivity index (χ0n) is 7.59. The molecule has 0 aromatic heterocycles. The van der Waals surface area contributed by atoms with Crippen molar-refractivity contribution >= 4 is 26.0 Å². The van der Waals surface area contributed by atoms with E-state index in [0.717, 1.165) is 11.8 Å². The molecule has 0 aliphatic carbocycles. The van der Waals surface area contributed by atoms with E-state index >= 15 is 0 Å². The highest BCUT2D eigenvalue weighted by atomic mass is 79.9. The van der Waals surface area contributed by atoms with Crippen LogP contribution in [0.3, 0.4) is 0 Å². The van der Waals surface area contributed by atoms with Gasteiger partial charge >= 0.3 is 0 Å². The first kappa shape index (κ1) is 12.4. The van der Waals surface area contributed by atoms with Crippen molar-refractivity contribution in [3.05, 3.63) is 0 Å². The lowest BCUT2D eigenvalue weighted by Gasteiger charge is -2.15. The maximum absolute atomic E-state index is 11.3. The summed E-state index contributed by atoms with van der Waals surface area (Å²) in [5.74, 6) is 0.256. The van der Waals surface area contributed by atoms with Crippen molar-refractivity contribution in [1.82, 2.24) is 4.31 Å². The standard InChI is InChI=1S/C7H16BrNO2S/c1-3-7-12(10,11)9(2)6-4-5-8/h3-7H2,1-2H3. The average molecular weight is 258 g/mol. The molecule has 74 valence electrons. The van der Waals surface area contributed by atoms with Crippen LogP contribution in [0.1, 0.15) is 19.8 Å². The van der Waals surface area contributed by atoms with Gasteiger partial charge in [0.2, 0.25) is 10.0 Å². The minimum Gasteiger partial charge on any atom is -0.212 e. The lowest BCUT2D eigenvalue weighted by Crippen LogP contribution is -2.30. The summed E-state index contributed by atoms with van der Waals surface area (Å²) in [6.07, 6.45) is 1.54. The Balaban J connectivity index is 3.98. The van der Waals surface area contributed by atoms with Crippen LogP contribution in [0, 0.1) is 0 Å². The van der Waals surface area contributed by atoms with Crippen molar-refractivity contribution in [1.29, 1.82) is 0 Å². The highest BCUT2D eigenvalue weighted by molar-refractivity contribution is 9.09. The number of hydrogen-bond donors (Lipinski definition) is 0. The molecule has 12 heavy (non-hydrogen) atoms. The van der Waals surface area contributed by atoms with E-state index in [9.17, 15) is 8.42 Å². The molecule has 0 aliphatic heterocycles. The first-order valence-electron chi connectivity index (χ1n) is 4.04. The number of alkyl halides is 1. The molecule has 0 spiro atoms. The van der Waals surface area contributed by atoms with Gasteiger partial charge in [-0.05, 0) is 12.8 Å². The summed E-state index contributed by atoms with van der Waals surface area (Å²) in [6.45, 7) is 2.48. The molecule has 0 aromatic rings. The molecule has 0 unspecified atom stereocenters. The van der Waals surface area contributed by atoms with E-state index in [1.807, 2.05) is 6.92 Å². The van der Waals surface area contributed by atoms with E-state index in [0.29, 0.717) is 13.0 Å². The molecule has 0 amide bonds. The number of hydrogen-bond acceptors (Lipinski definition) is 2. The second kappa shape index (κ2) is 5.94. The van der Waals surface area contributed by atoms with E-state index in [2.05, 4.69) is 15.9 Å². The second-order valence-electron chi connectivity index (χ2n) is 2.68. The molecule has 0 atom stereocenters. The van der Waals surface area contributed by atoms with Crippen LogP contribution in [0.25, 0.3) is 0 Å². The highest BCUT2D eigenvalue weighted by Gasteiger charge is 2.14. The summed E-state index contributed by atoms with van der Waals surface area (Å²) in [7, 11) is -1.34. The molecule has 0 aromatic carbocycles. The molecule has 5 heteroatoms. The Bertz CT molecular complexity index is 203. The van der Waals surface area contributed by atoms with Crippen molar-refractivity contribution in [2.75, 3.05) is 24.7 Å². The first-order chi connectivity index (χ1) is 5.54. The van der Waals surface area contributed by atoms with Crippen LogP contribution < -0.4 is 0 Å². The summed E-state index contributed by atoms with van der Waals surface area (Å²) < 4.78 is 24.1. The Kier molecular flexibility index (Phi) is 6.13. The summed E-state index contributed by atoms with van der Waals surface area (Å²) in [5.41, 5.74) is 0. The van der Waals surface area contributed by atoms with Crippen LogP contribution in [-0.2, 0) is 10.0 Å². The van der Waals surface area contributed by atoms with Crippen LogP contribution in [0.2, 0.25) is 0 Å². The van der Waals surface area contributed by atoms with Gasteiger partial charge in [-0.25, -0.2) is 12.7 Å². The van der Waals surface area contributed by atoms with Gasteiger partial charge in [-0.3, -0.25) is 0 Å². The van der Waals surface area contributed by atoms with Crippen LogP contribution in [0.15, 0.2) is 0 Å². The Morgan fingerprint density at radius 1 is 1.42 bits per heavy atom. The van der Waals surface area contributed by atoms with Gasteiger partial charge in [-0.2, -0.15) is 0 Å². The number of nitrogens with zero attached hydrogens (tertiary/aromatic N) is 1. The minimum atomic E-state index is -2.97. The third-order valence-electron chi connectivity index (χ3n) is 1.54. The minimum absolute atomic E-state index is 0.256. The Hall–Kier alpha value is 0.390. The number of sulfonamides is 1. The fraction of sp³-hybridized carbons (Fsp3) is 1.00. The van der Waals surface area contributed by atoms with Crippen molar-refractivity contribution in [2.45, 2.75) is 19.8 Å². The molecule has 0 fully saturated rings. The zero-order valence-corrected chi connectivity index (χ0v) is 9.99. The maximum atomic E-state index is 11.3. The number of rotatable bonds is 6. The Morgan fingerprint density at radius 2 is 2.00 bits per heavy atom. The topological polar surface area (TPSA) is 37.4 Å².